The predicted molar refractivity (Wildman–Crippen MR) is 127 cm³/mol. The van der Waals surface area contributed by atoms with E-state index in [1.807, 2.05) is 43.3 Å². The summed E-state index contributed by atoms with van der Waals surface area (Å²) in [6, 6.07) is 23.1. The minimum absolute atomic E-state index is 0.0205. The van der Waals surface area contributed by atoms with Gasteiger partial charge in [0.1, 0.15) is 6.54 Å². The van der Waals surface area contributed by atoms with Crippen LogP contribution in [0.3, 0.4) is 0 Å². The molecule has 7 heteroatoms. The van der Waals surface area contributed by atoms with Gasteiger partial charge in [-0.25, -0.2) is 8.42 Å². The second-order valence-corrected chi connectivity index (χ2v) is 10.4. The standard InChI is InChI=1S/C23H21IN2O3S/c1-17-15-18-7-5-6-10-22(18)26(17)23(27)16-25(20-13-11-19(24)12-14-20)30(28,29)21-8-3-2-4-9-21/h2-14,17H,15-16H2,1H3/t17-/m1/s1. The Hall–Kier alpha value is -2.39. The van der Waals surface area contributed by atoms with Crippen molar-refractivity contribution < 1.29 is 13.2 Å². The molecule has 154 valence electrons. The van der Waals surface area contributed by atoms with Crippen LogP contribution in [0.15, 0.2) is 83.8 Å². The Kier molecular flexibility index (Phi) is 5.84. The average Bonchev–Trinajstić information content (AvgIpc) is 3.09. The molecule has 0 unspecified atom stereocenters. The van der Waals surface area contributed by atoms with E-state index in [9.17, 15) is 13.2 Å². The SMILES string of the molecule is C[C@@H]1Cc2ccccc2N1C(=O)CN(c1ccc(I)cc1)S(=O)(=O)c1ccccc1. The quantitative estimate of drug-likeness (QED) is 0.456. The molecule has 1 amide bonds. The largest absolute Gasteiger partial charge is 0.307 e. The lowest BCUT2D eigenvalue weighted by Crippen LogP contribution is -2.45. The van der Waals surface area contributed by atoms with Crippen LogP contribution < -0.4 is 9.21 Å². The van der Waals surface area contributed by atoms with Crippen LogP contribution in [0.1, 0.15) is 12.5 Å². The topological polar surface area (TPSA) is 57.7 Å². The third-order valence-electron chi connectivity index (χ3n) is 5.20. The number of fused-ring (bicyclic) bond motifs is 1. The van der Waals surface area contributed by atoms with Gasteiger partial charge in [0.15, 0.2) is 0 Å². The van der Waals surface area contributed by atoms with Crippen molar-refractivity contribution in [2.45, 2.75) is 24.3 Å². The fourth-order valence-electron chi connectivity index (χ4n) is 3.79. The molecule has 5 nitrogen and oxygen atoms in total. The minimum atomic E-state index is -3.90. The van der Waals surface area contributed by atoms with Crippen LogP contribution in [-0.2, 0) is 21.2 Å². The molecule has 0 aliphatic carbocycles. The average molecular weight is 532 g/mol. The first kappa shape index (κ1) is 20.9. The summed E-state index contributed by atoms with van der Waals surface area (Å²) >= 11 is 2.17. The van der Waals surface area contributed by atoms with E-state index in [0.717, 1.165) is 21.2 Å². The Bertz CT molecular complexity index is 1160. The Balaban J connectivity index is 1.72. The third-order valence-corrected chi connectivity index (χ3v) is 7.71. The molecule has 3 aromatic carbocycles. The highest BCUT2D eigenvalue weighted by Gasteiger charge is 2.34. The van der Waals surface area contributed by atoms with Gasteiger partial charge in [0.25, 0.3) is 10.0 Å². The molecule has 30 heavy (non-hydrogen) atoms. The molecular weight excluding hydrogens is 511 g/mol. The van der Waals surface area contributed by atoms with Crippen LogP contribution in [0.2, 0.25) is 0 Å². The zero-order valence-electron chi connectivity index (χ0n) is 16.4. The second kappa shape index (κ2) is 8.39. The minimum Gasteiger partial charge on any atom is -0.307 e. The van der Waals surface area contributed by atoms with E-state index < -0.39 is 10.0 Å². The van der Waals surface area contributed by atoms with Crippen molar-refractivity contribution in [2.24, 2.45) is 0 Å². The molecule has 1 heterocycles. The molecule has 1 aliphatic rings. The maximum atomic E-state index is 13.4. The normalized spacial score (nSPS) is 15.7. The maximum Gasteiger partial charge on any atom is 0.264 e. The molecule has 1 aliphatic heterocycles. The van der Waals surface area contributed by atoms with Crippen molar-refractivity contribution in [3.63, 3.8) is 0 Å². The monoisotopic (exact) mass is 532 g/mol. The molecular formula is C23H21IN2O3S. The summed E-state index contributed by atoms with van der Waals surface area (Å²) in [5.41, 5.74) is 2.42. The number of nitrogens with zero attached hydrogens (tertiary/aromatic N) is 2. The van der Waals surface area contributed by atoms with E-state index in [1.54, 1.807) is 47.4 Å². The fourth-order valence-corrected chi connectivity index (χ4v) is 5.58. The predicted octanol–water partition coefficient (Wildman–Crippen LogP) is 4.46. The van der Waals surface area contributed by atoms with Gasteiger partial charge in [0, 0.05) is 15.3 Å². The zero-order valence-corrected chi connectivity index (χ0v) is 19.4. The lowest BCUT2D eigenvalue weighted by atomic mass is 10.1. The highest BCUT2D eigenvalue weighted by Crippen LogP contribution is 2.33. The van der Waals surface area contributed by atoms with Crippen molar-refractivity contribution in [1.82, 2.24) is 0 Å². The van der Waals surface area contributed by atoms with Gasteiger partial charge in [-0.2, -0.15) is 0 Å². The smallest absolute Gasteiger partial charge is 0.264 e. The van der Waals surface area contributed by atoms with Gasteiger partial charge < -0.3 is 4.90 Å². The summed E-state index contributed by atoms with van der Waals surface area (Å²) in [6.45, 7) is 1.72. The third kappa shape index (κ3) is 3.96. The second-order valence-electron chi connectivity index (χ2n) is 7.25. The van der Waals surface area contributed by atoms with Gasteiger partial charge in [-0.15, -0.1) is 0 Å². The van der Waals surface area contributed by atoms with E-state index in [1.165, 1.54) is 4.31 Å². The van der Waals surface area contributed by atoms with Crippen LogP contribution in [-0.4, -0.2) is 26.9 Å². The molecule has 3 aromatic rings. The first-order valence-corrected chi connectivity index (χ1v) is 12.1. The van der Waals surface area contributed by atoms with E-state index in [2.05, 4.69) is 22.6 Å². The first-order valence-electron chi connectivity index (χ1n) is 9.61. The van der Waals surface area contributed by atoms with Crippen LogP contribution in [0.4, 0.5) is 11.4 Å². The number of halogens is 1. The summed E-state index contributed by atoms with van der Waals surface area (Å²) < 4.78 is 29.1. The summed E-state index contributed by atoms with van der Waals surface area (Å²) in [5, 5.41) is 0. The zero-order chi connectivity index (χ0) is 21.3. The Morgan fingerprint density at radius 1 is 1.00 bits per heavy atom. The molecule has 0 radical (unpaired) electrons. The Labute approximate surface area is 190 Å². The highest BCUT2D eigenvalue weighted by atomic mass is 127. The fraction of sp³-hybridized carbons (Fsp3) is 0.174. The van der Waals surface area contributed by atoms with Crippen LogP contribution >= 0.6 is 22.6 Å². The van der Waals surface area contributed by atoms with Crippen molar-refractivity contribution in [3.8, 4) is 0 Å². The summed E-state index contributed by atoms with van der Waals surface area (Å²) in [6.07, 6.45) is 0.761. The van der Waals surface area contributed by atoms with Gasteiger partial charge in [-0.1, -0.05) is 36.4 Å². The van der Waals surface area contributed by atoms with E-state index >= 15 is 0 Å². The number of anilines is 2. The van der Waals surface area contributed by atoms with Crippen LogP contribution in [0, 0.1) is 3.57 Å². The van der Waals surface area contributed by atoms with Gasteiger partial charge in [-0.05, 0) is 84.0 Å². The molecule has 0 N–H and O–H groups in total. The molecule has 0 saturated heterocycles. The molecule has 0 fully saturated rings. The molecule has 1 atom stereocenters. The number of amides is 1. The molecule has 0 bridgehead atoms. The van der Waals surface area contributed by atoms with E-state index in [-0.39, 0.29) is 23.4 Å². The lowest BCUT2D eigenvalue weighted by molar-refractivity contribution is -0.117. The molecule has 0 aromatic heterocycles. The number of para-hydroxylation sites is 1. The van der Waals surface area contributed by atoms with Gasteiger partial charge in [0.05, 0.1) is 10.6 Å². The van der Waals surface area contributed by atoms with E-state index in [4.69, 9.17) is 0 Å². The summed E-state index contributed by atoms with van der Waals surface area (Å²) in [4.78, 5) is 15.2. The number of hydrogen-bond acceptors (Lipinski definition) is 3. The van der Waals surface area contributed by atoms with E-state index in [0.29, 0.717) is 5.69 Å². The number of carbonyl (C=O) groups excluding carboxylic acids is 1. The van der Waals surface area contributed by atoms with Crippen molar-refractivity contribution >= 4 is 49.9 Å². The number of hydrogen-bond donors (Lipinski definition) is 0. The van der Waals surface area contributed by atoms with Crippen molar-refractivity contribution in [1.29, 1.82) is 0 Å². The molecule has 4 rings (SSSR count). The maximum absolute atomic E-state index is 13.4. The van der Waals surface area contributed by atoms with Gasteiger partial charge in [-0.3, -0.25) is 9.10 Å². The summed E-state index contributed by atoms with van der Waals surface area (Å²) in [7, 11) is -3.90. The highest BCUT2D eigenvalue weighted by molar-refractivity contribution is 14.1. The Morgan fingerprint density at radius 3 is 2.33 bits per heavy atom. The van der Waals surface area contributed by atoms with Crippen molar-refractivity contribution in [2.75, 3.05) is 15.7 Å². The molecule has 0 saturated carbocycles. The van der Waals surface area contributed by atoms with Crippen molar-refractivity contribution in [3.05, 3.63) is 88.0 Å². The summed E-state index contributed by atoms with van der Waals surface area (Å²) in [5.74, 6) is -0.245. The number of sulfonamides is 1. The van der Waals surface area contributed by atoms with Gasteiger partial charge in [0.2, 0.25) is 5.91 Å². The molecule has 0 spiro atoms. The number of carbonyl (C=O) groups is 1. The number of rotatable bonds is 5. The lowest BCUT2D eigenvalue weighted by Gasteiger charge is -2.29. The number of benzene rings is 3. The van der Waals surface area contributed by atoms with Gasteiger partial charge >= 0.3 is 0 Å². The Morgan fingerprint density at radius 2 is 1.63 bits per heavy atom. The van der Waals surface area contributed by atoms with Crippen LogP contribution in [0.5, 0.6) is 0 Å². The first-order chi connectivity index (χ1) is 14.4. The van der Waals surface area contributed by atoms with Crippen LogP contribution in [0.25, 0.3) is 0 Å².